The van der Waals surface area contributed by atoms with Gasteiger partial charge in [0.1, 0.15) is 6.54 Å². The number of sulfone groups is 1. The van der Waals surface area contributed by atoms with Gasteiger partial charge >= 0.3 is 11.9 Å². The SMILES string of the molecule is COC(=O)Cn1c(=NC(=O)CCCS(=O)(=O)c2ccc(Cl)cc2)sc2cc(C(=O)OC)ccc21. The summed E-state index contributed by atoms with van der Waals surface area (Å²) in [5.74, 6) is -1.83. The van der Waals surface area contributed by atoms with Crippen LogP contribution in [0.1, 0.15) is 23.2 Å². The number of thiazole rings is 1. The van der Waals surface area contributed by atoms with Gasteiger partial charge in [0.25, 0.3) is 0 Å². The predicted octanol–water partition coefficient (Wildman–Crippen LogP) is 3.00. The zero-order valence-corrected chi connectivity index (χ0v) is 20.7. The van der Waals surface area contributed by atoms with Crippen LogP contribution in [-0.4, -0.2) is 50.8 Å². The van der Waals surface area contributed by atoms with Crippen molar-refractivity contribution in [3.8, 4) is 0 Å². The molecular formula is C22H21ClN2O7S2. The third kappa shape index (κ3) is 6.10. The number of fused-ring (bicyclic) bond motifs is 1. The largest absolute Gasteiger partial charge is 0.468 e. The van der Waals surface area contributed by atoms with Crippen LogP contribution in [0, 0.1) is 0 Å². The third-order valence-electron chi connectivity index (χ3n) is 4.82. The highest BCUT2D eigenvalue weighted by atomic mass is 35.5. The molecule has 0 saturated heterocycles. The van der Waals surface area contributed by atoms with Gasteiger partial charge in [0.05, 0.1) is 40.6 Å². The number of benzene rings is 2. The number of aromatic nitrogens is 1. The number of rotatable bonds is 8. The Hall–Kier alpha value is -3.02. The van der Waals surface area contributed by atoms with Crippen LogP contribution in [0.5, 0.6) is 0 Å². The van der Waals surface area contributed by atoms with E-state index in [1.807, 2.05) is 0 Å². The molecule has 34 heavy (non-hydrogen) atoms. The fraction of sp³-hybridized carbons (Fsp3) is 0.273. The Balaban J connectivity index is 1.83. The van der Waals surface area contributed by atoms with E-state index in [0.717, 1.165) is 11.3 Å². The van der Waals surface area contributed by atoms with Crippen LogP contribution < -0.4 is 4.80 Å². The number of nitrogens with zero attached hydrogens (tertiary/aromatic N) is 2. The van der Waals surface area contributed by atoms with Crippen molar-refractivity contribution in [3.05, 3.63) is 57.9 Å². The minimum Gasteiger partial charge on any atom is -0.468 e. The van der Waals surface area contributed by atoms with E-state index in [0.29, 0.717) is 20.8 Å². The highest BCUT2D eigenvalue weighted by Gasteiger charge is 2.17. The minimum atomic E-state index is -3.57. The summed E-state index contributed by atoms with van der Waals surface area (Å²) < 4.78 is 36.5. The average molecular weight is 525 g/mol. The zero-order chi connectivity index (χ0) is 24.9. The summed E-state index contributed by atoms with van der Waals surface area (Å²) in [6, 6.07) is 10.6. The lowest BCUT2D eigenvalue weighted by atomic mass is 10.2. The van der Waals surface area contributed by atoms with Gasteiger partial charge in [-0.05, 0) is 48.9 Å². The molecule has 0 fully saturated rings. The number of hydrogen-bond acceptors (Lipinski definition) is 8. The number of halogens is 1. The number of hydrogen-bond donors (Lipinski definition) is 0. The molecule has 3 aromatic rings. The van der Waals surface area contributed by atoms with Crippen LogP contribution in [-0.2, 0) is 35.4 Å². The molecule has 0 aliphatic carbocycles. The molecule has 1 aromatic heterocycles. The molecule has 0 unspecified atom stereocenters. The van der Waals surface area contributed by atoms with Crippen molar-refractivity contribution in [1.82, 2.24) is 4.57 Å². The van der Waals surface area contributed by atoms with E-state index in [1.165, 1.54) is 43.1 Å². The molecule has 0 aliphatic rings. The molecule has 3 rings (SSSR count). The Morgan fingerprint density at radius 3 is 2.41 bits per heavy atom. The van der Waals surface area contributed by atoms with Crippen molar-refractivity contribution < 1.29 is 32.3 Å². The van der Waals surface area contributed by atoms with Crippen molar-refractivity contribution in [2.45, 2.75) is 24.3 Å². The molecular weight excluding hydrogens is 504 g/mol. The van der Waals surface area contributed by atoms with Crippen molar-refractivity contribution in [2.75, 3.05) is 20.0 Å². The Bertz CT molecular complexity index is 1410. The maximum absolute atomic E-state index is 12.5. The summed E-state index contributed by atoms with van der Waals surface area (Å²) in [6.45, 7) is -0.189. The molecule has 0 N–H and O–H groups in total. The first kappa shape index (κ1) is 25.6. The summed E-state index contributed by atoms with van der Waals surface area (Å²) in [4.78, 5) is 40.7. The molecule has 0 aliphatic heterocycles. The van der Waals surface area contributed by atoms with Gasteiger partial charge < -0.3 is 14.0 Å². The van der Waals surface area contributed by atoms with Gasteiger partial charge in [-0.3, -0.25) is 9.59 Å². The van der Waals surface area contributed by atoms with Gasteiger partial charge in [-0.2, -0.15) is 4.99 Å². The maximum Gasteiger partial charge on any atom is 0.337 e. The predicted molar refractivity (Wildman–Crippen MR) is 126 cm³/mol. The van der Waals surface area contributed by atoms with Gasteiger partial charge in [-0.25, -0.2) is 13.2 Å². The first-order valence-electron chi connectivity index (χ1n) is 9.99. The fourth-order valence-corrected chi connectivity index (χ4v) is 5.61. The van der Waals surface area contributed by atoms with Gasteiger partial charge in [-0.1, -0.05) is 22.9 Å². The molecule has 0 spiro atoms. The molecule has 0 radical (unpaired) electrons. The molecule has 1 amide bonds. The number of carbonyl (C=O) groups is 3. The normalized spacial score (nSPS) is 12.0. The standard InChI is InChI=1S/C22H21ClN2O7S2/c1-31-20(27)13-25-17-10-5-14(21(28)32-2)12-18(17)33-22(25)24-19(26)4-3-11-34(29,30)16-8-6-15(23)7-9-16/h5-10,12H,3-4,11,13H2,1-2H3. The fourth-order valence-electron chi connectivity index (χ4n) is 3.09. The highest BCUT2D eigenvalue weighted by molar-refractivity contribution is 7.91. The third-order valence-corrected chi connectivity index (χ3v) is 7.93. The monoisotopic (exact) mass is 524 g/mol. The second-order valence-corrected chi connectivity index (χ2v) is 10.7. The number of ether oxygens (including phenoxy) is 2. The first-order valence-corrected chi connectivity index (χ1v) is 12.8. The molecule has 12 heteroatoms. The lowest BCUT2D eigenvalue weighted by Crippen LogP contribution is -2.22. The smallest absolute Gasteiger partial charge is 0.337 e. The number of carbonyl (C=O) groups excluding carboxylic acids is 3. The first-order chi connectivity index (χ1) is 16.1. The van der Waals surface area contributed by atoms with Gasteiger partial charge in [0.15, 0.2) is 14.6 Å². The van der Waals surface area contributed by atoms with E-state index in [2.05, 4.69) is 4.99 Å². The summed E-state index contributed by atoms with van der Waals surface area (Å²) in [6.07, 6.45) is -0.0334. The molecule has 0 atom stereocenters. The maximum atomic E-state index is 12.5. The van der Waals surface area contributed by atoms with Gasteiger partial charge in [-0.15, -0.1) is 0 Å². The summed E-state index contributed by atoms with van der Waals surface area (Å²) in [5.41, 5.74) is 0.895. The summed E-state index contributed by atoms with van der Waals surface area (Å²) in [7, 11) is -1.05. The number of methoxy groups -OCH3 is 2. The summed E-state index contributed by atoms with van der Waals surface area (Å²) in [5, 5.41) is 0.426. The lowest BCUT2D eigenvalue weighted by molar-refractivity contribution is -0.141. The van der Waals surface area contributed by atoms with E-state index in [4.69, 9.17) is 21.1 Å². The molecule has 0 saturated carbocycles. The van der Waals surface area contributed by atoms with E-state index in [-0.39, 0.29) is 34.8 Å². The van der Waals surface area contributed by atoms with E-state index >= 15 is 0 Å². The quantitative estimate of drug-likeness (QED) is 0.415. The van der Waals surface area contributed by atoms with Crippen molar-refractivity contribution in [1.29, 1.82) is 0 Å². The van der Waals surface area contributed by atoms with E-state index in [1.54, 1.807) is 18.2 Å². The Morgan fingerprint density at radius 2 is 1.76 bits per heavy atom. The average Bonchev–Trinajstić information content (AvgIpc) is 3.14. The van der Waals surface area contributed by atoms with Gasteiger partial charge in [0.2, 0.25) is 5.91 Å². The molecule has 1 heterocycles. The number of amides is 1. The molecule has 9 nitrogen and oxygen atoms in total. The minimum absolute atomic E-state index is 0.0711. The Labute approximate surface area is 204 Å². The van der Waals surface area contributed by atoms with Crippen molar-refractivity contribution in [2.24, 2.45) is 4.99 Å². The van der Waals surface area contributed by atoms with Crippen LogP contribution in [0.3, 0.4) is 0 Å². The second-order valence-electron chi connectivity index (χ2n) is 7.10. The van der Waals surface area contributed by atoms with Crippen LogP contribution in [0.4, 0.5) is 0 Å². The molecule has 2 aromatic carbocycles. The number of esters is 2. The highest BCUT2D eigenvalue weighted by Crippen LogP contribution is 2.20. The van der Waals surface area contributed by atoms with Crippen molar-refractivity contribution >= 4 is 60.8 Å². The van der Waals surface area contributed by atoms with Crippen LogP contribution >= 0.6 is 22.9 Å². The molecule has 0 bridgehead atoms. The van der Waals surface area contributed by atoms with Crippen LogP contribution in [0.25, 0.3) is 10.2 Å². The summed E-state index contributed by atoms with van der Waals surface area (Å²) >= 11 is 6.91. The van der Waals surface area contributed by atoms with Crippen LogP contribution in [0.2, 0.25) is 5.02 Å². The molecule has 180 valence electrons. The van der Waals surface area contributed by atoms with E-state index in [9.17, 15) is 22.8 Å². The van der Waals surface area contributed by atoms with E-state index < -0.39 is 27.7 Å². The topological polar surface area (TPSA) is 121 Å². The van der Waals surface area contributed by atoms with Gasteiger partial charge in [0, 0.05) is 11.4 Å². The lowest BCUT2D eigenvalue weighted by Gasteiger charge is -2.05. The van der Waals surface area contributed by atoms with Crippen molar-refractivity contribution in [3.63, 3.8) is 0 Å². The zero-order valence-electron chi connectivity index (χ0n) is 18.3. The Morgan fingerprint density at radius 1 is 1.06 bits per heavy atom. The van der Waals surface area contributed by atoms with Crippen LogP contribution in [0.15, 0.2) is 52.4 Å². The Kier molecular flexibility index (Phi) is 8.24. The second kappa shape index (κ2) is 10.9.